The van der Waals surface area contributed by atoms with Crippen molar-refractivity contribution in [2.45, 2.75) is 47.0 Å². The van der Waals surface area contributed by atoms with Crippen LogP contribution in [0.15, 0.2) is 0 Å². The highest BCUT2D eigenvalue weighted by atomic mass is 15.1. The van der Waals surface area contributed by atoms with Gasteiger partial charge in [0.1, 0.15) is 0 Å². The number of hydrogen-bond donors (Lipinski definition) is 1. The van der Waals surface area contributed by atoms with Crippen molar-refractivity contribution in [1.82, 2.24) is 10.2 Å². The minimum absolute atomic E-state index is 0.565. The molecule has 1 fully saturated rings. The fraction of sp³-hybridized carbons (Fsp3) is 1.00. The van der Waals surface area contributed by atoms with E-state index in [0.29, 0.717) is 5.41 Å². The third-order valence-electron chi connectivity index (χ3n) is 3.39. The van der Waals surface area contributed by atoms with Gasteiger partial charge < -0.3 is 10.2 Å². The molecule has 1 heterocycles. The highest BCUT2D eigenvalue weighted by Crippen LogP contribution is 2.28. The molecular weight excluding hydrogens is 196 g/mol. The summed E-state index contributed by atoms with van der Waals surface area (Å²) in [6.07, 6.45) is 4.05. The van der Waals surface area contributed by atoms with E-state index >= 15 is 0 Å². The number of hydrogen-bond acceptors (Lipinski definition) is 2. The van der Waals surface area contributed by atoms with E-state index in [0.717, 1.165) is 12.5 Å². The molecule has 1 aliphatic rings. The van der Waals surface area contributed by atoms with E-state index in [4.69, 9.17) is 0 Å². The standard InChI is InChI=1S/C14H30N2/c1-13(2)11-15-8-5-6-9-16-10-7-14(3,4)12-16/h13,15H,5-12H2,1-4H3. The molecule has 96 valence electrons. The van der Waals surface area contributed by atoms with Crippen LogP contribution in [0.5, 0.6) is 0 Å². The van der Waals surface area contributed by atoms with Crippen LogP contribution in [-0.2, 0) is 0 Å². The molecule has 0 aromatic rings. The van der Waals surface area contributed by atoms with Crippen molar-refractivity contribution < 1.29 is 0 Å². The molecule has 0 saturated carbocycles. The van der Waals surface area contributed by atoms with E-state index in [1.54, 1.807) is 0 Å². The highest BCUT2D eigenvalue weighted by molar-refractivity contribution is 4.82. The Kier molecular flexibility index (Phi) is 5.77. The molecule has 0 spiro atoms. The number of nitrogens with one attached hydrogen (secondary N) is 1. The van der Waals surface area contributed by atoms with E-state index in [1.807, 2.05) is 0 Å². The number of rotatable bonds is 7. The molecule has 0 amide bonds. The molecule has 0 bridgehead atoms. The summed E-state index contributed by atoms with van der Waals surface area (Å²) >= 11 is 0. The van der Waals surface area contributed by atoms with Gasteiger partial charge in [-0.25, -0.2) is 0 Å². The second kappa shape index (κ2) is 6.61. The zero-order chi connectivity index (χ0) is 12.0. The lowest BCUT2D eigenvalue weighted by atomic mass is 9.93. The lowest BCUT2D eigenvalue weighted by Gasteiger charge is -2.19. The number of likely N-dealkylation sites (tertiary alicyclic amines) is 1. The zero-order valence-corrected chi connectivity index (χ0v) is 11.7. The smallest absolute Gasteiger partial charge is 0.00332 e. The fourth-order valence-electron chi connectivity index (χ4n) is 2.39. The normalized spacial score (nSPS) is 20.8. The molecular formula is C14H30N2. The van der Waals surface area contributed by atoms with E-state index in [9.17, 15) is 0 Å². The van der Waals surface area contributed by atoms with Gasteiger partial charge >= 0.3 is 0 Å². The van der Waals surface area contributed by atoms with Crippen molar-refractivity contribution in [3.05, 3.63) is 0 Å². The van der Waals surface area contributed by atoms with Crippen LogP contribution in [0.4, 0.5) is 0 Å². The van der Waals surface area contributed by atoms with Crippen molar-refractivity contribution in [3.8, 4) is 0 Å². The maximum absolute atomic E-state index is 3.51. The quantitative estimate of drug-likeness (QED) is 0.672. The second-order valence-corrected chi connectivity index (χ2v) is 6.50. The van der Waals surface area contributed by atoms with Crippen molar-refractivity contribution in [1.29, 1.82) is 0 Å². The van der Waals surface area contributed by atoms with Gasteiger partial charge in [-0.1, -0.05) is 27.7 Å². The average molecular weight is 226 g/mol. The van der Waals surface area contributed by atoms with Gasteiger partial charge in [-0.05, 0) is 56.8 Å². The van der Waals surface area contributed by atoms with Gasteiger partial charge in [-0.15, -0.1) is 0 Å². The molecule has 0 radical (unpaired) electrons. The Morgan fingerprint density at radius 3 is 2.56 bits per heavy atom. The monoisotopic (exact) mass is 226 g/mol. The summed E-state index contributed by atoms with van der Waals surface area (Å²) in [6, 6.07) is 0. The predicted molar refractivity (Wildman–Crippen MR) is 71.8 cm³/mol. The van der Waals surface area contributed by atoms with E-state index in [-0.39, 0.29) is 0 Å². The molecule has 0 aliphatic carbocycles. The summed E-state index contributed by atoms with van der Waals surface area (Å²) in [5.41, 5.74) is 0.565. The lowest BCUT2D eigenvalue weighted by Crippen LogP contribution is -2.26. The second-order valence-electron chi connectivity index (χ2n) is 6.50. The van der Waals surface area contributed by atoms with Crippen LogP contribution in [-0.4, -0.2) is 37.6 Å². The van der Waals surface area contributed by atoms with Crippen LogP contribution in [0.3, 0.4) is 0 Å². The molecule has 1 saturated heterocycles. The van der Waals surface area contributed by atoms with E-state index in [2.05, 4.69) is 37.9 Å². The molecule has 0 unspecified atom stereocenters. The Balaban J connectivity index is 1.92. The first-order valence-electron chi connectivity index (χ1n) is 6.93. The molecule has 2 heteroatoms. The van der Waals surface area contributed by atoms with Gasteiger partial charge in [0.25, 0.3) is 0 Å². The Hall–Kier alpha value is -0.0800. The number of nitrogens with zero attached hydrogens (tertiary/aromatic N) is 1. The first kappa shape index (κ1) is 14.0. The lowest BCUT2D eigenvalue weighted by molar-refractivity contribution is 0.285. The first-order valence-corrected chi connectivity index (χ1v) is 6.93. The molecule has 16 heavy (non-hydrogen) atoms. The summed E-state index contributed by atoms with van der Waals surface area (Å²) < 4.78 is 0. The molecule has 2 nitrogen and oxygen atoms in total. The van der Waals surface area contributed by atoms with Gasteiger partial charge in [-0.3, -0.25) is 0 Å². The number of unbranched alkanes of at least 4 members (excludes halogenated alkanes) is 1. The molecule has 1 rings (SSSR count). The van der Waals surface area contributed by atoms with Crippen LogP contribution in [0, 0.1) is 11.3 Å². The Labute approximate surface area is 102 Å². The first-order chi connectivity index (χ1) is 7.49. The molecule has 1 N–H and O–H groups in total. The van der Waals surface area contributed by atoms with E-state index in [1.165, 1.54) is 45.4 Å². The van der Waals surface area contributed by atoms with Crippen molar-refractivity contribution in [2.75, 3.05) is 32.7 Å². The Morgan fingerprint density at radius 1 is 1.25 bits per heavy atom. The van der Waals surface area contributed by atoms with Crippen LogP contribution in [0.1, 0.15) is 47.0 Å². The molecule has 0 atom stereocenters. The van der Waals surface area contributed by atoms with Crippen LogP contribution >= 0.6 is 0 Å². The predicted octanol–water partition coefficient (Wildman–Crippen LogP) is 2.74. The van der Waals surface area contributed by atoms with Gasteiger partial charge in [0.2, 0.25) is 0 Å². The molecule has 1 aliphatic heterocycles. The third kappa shape index (κ3) is 5.86. The van der Waals surface area contributed by atoms with E-state index < -0.39 is 0 Å². The third-order valence-corrected chi connectivity index (χ3v) is 3.39. The fourth-order valence-corrected chi connectivity index (χ4v) is 2.39. The van der Waals surface area contributed by atoms with Crippen molar-refractivity contribution >= 4 is 0 Å². The summed E-state index contributed by atoms with van der Waals surface area (Å²) in [7, 11) is 0. The van der Waals surface area contributed by atoms with Gasteiger partial charge in [0.05, 0.1) is 0 Å². The SMILES string of the molecule is CC(C)CNCCCCN1CCC(C)(C)C1. The molecule has 0 aromatic heterocycles. The van der Waals surface area contributed by atoms with Crippen LogP contribution in [0.25, 0.3) is 0 Å². The van der Waals surface area contributed by atoms with Crippen molar-refractivity contribution in [2.24, 2.45) is 11.3 Å². The maximum Gasteiger partial charge on any atom is 0.00332 e. The topological polar surface area (TPSA) is 15.3 Å². The minimum Gasteiger partial charge on any atom is -0.316 e. The average Bonchev–Trinajstić information content (AvgIpc) is 2.51. The van der Waals surface area contributed by atoms with Gasteiger partial charge in [0.15, 0.2) is 0 Å². The van der Waals surface area contributed by atoms with Crippen molar-refractivity contribution in [3.63, 3.8) is 0 Å². The van der Waals surface area contributed by atoms with Gasteiger partial charge in [0, 0.05) is 6.54 Å². The highest BCUT2D eigenvalue weighted by Gasteiger charge is 2.28. The Bertz CT molecular complexity index is 187. The zero-order valence-electron chi connectivity index (χ0n) is 11.7. The van der Waals surface area contributed by atoms with Crippen LogP contribution in [0.2, 0.25) is 0 Å². The largest absolute Gasteiger partial charge is 0.316 e. The summed E-state index contributed by atoms with van der Waals surface area (Å²) in [4.78, 5) is 2.63. The maximum atomic E-state index is 3.51. The Morgan fingerprint density at radius 2 is 2.00 bits per heavy atom. The molecule has 0 aromatic carbocycles. The summed E-state index contributed by atoms with van der Waals surface area (Å²) in [5, 5.41) is 3.51. The summed E-state index contributed by atoms with van der Waals surface area (Å²) in [6.45, 7) is 15.6. The van der Waals surface area contributed by atoms with Gasteiger partial charge in [-0.2, -0.15) is 0 Å². The summed E-state index contributed by atoms with van der Waals surface area (Å²) in [5.74, 6) is 0.777. The van der Waals surface area contributed by atoms with Crippen LogP contribution < -0.4 is 5.32 Å². The minimum atomic E-state index is 0.565.